The Bertz CT molecular complexity index is 1240. The summed E-state index contributed by atoms with van der Waals surface area (Å²) in [5.74, 6) is 1.03. The van der Waals surface area contributed by atoms with E-state index < -0.39 is 11.6 Å². The van der Waals surface area contributed by atoms with Crippen LogP contribution < -0.4 is 4.74 Å². The average molecular weight is 501 g/mol. The van der Waals surface area contributed by atoms with E-state index in [2.05, 4.69) is 32.8 Å². The van der Waals surface area contributed by atoms with E-state index in [1.165, 1.54) is 23.1 Å². The van der Waals surface area contributed by atoms with Crippen molar-refractivity contribution >= 4 is 29.0 Å². The van der Waals surface area contributed by atoms with Crippen LogP contribution in [0.25, 0.3) is 0 Å². The third-order valence-corrected chi connectivity index (χ3v) is 6.68. The van der Waals surface area contributed by atoms with Crippen LogP contribution in [-0.2, 0) is 30.0 Å². The summed E-state index contributed by atoms with van der Waals surface area (Å²) < 4.78 is 24.4. The van der Waals surface area contributed by atoms with Crippen molar-refractivity contribution in [1.29, 1.82) is 0 Å². The van der Waals surface area contributed by atoms with E-state index in [1.54, 1.807) is 35.1 Å². The molecule has 8 heteroatoms. The summed E-state index contributed by atoms with van der Waals surface area (Å²) in [6.45, 7) is 11.4. The summed E-state index contributed by atoms with van der Waals surface area (Å²) in [5.41, 5.74) is 6.31. The summed E-state index contributed by atoms with van der Waals surface area (Å²) in [5, 5.41) is 5.04. The Labute approximate surface area is 208 Å². The summed E-state index contributed by atoms with van der Waals surface area (Å²) in [4.78, 5) is 13.8. The molecule has 0 radical (unpaired) electrons. The smallest absolute Gasteiger partial charge is 0.335 e. The molecular weight excluding hydrogens is 472 g/mol. The molecule has 0 unspecified atom stereocenters. The second kappa shape index (κ2) is 10.7. The van der Waals surface area contributed by atoms with Gasteiger partial charge in [0.25, 0.3) is 0 Å². The zero-order valence-corrected chi connectivity index (χ0v) is 21.7. The molecule has 1 heterocycles. The maximum atomic E-state index is 13.8. The second-order valence-electron chi connectivity index (χ2n) is 9.09. The molecule has 0 bridgehead atoms. The number of nitrogens with zero attached hydrogens (tertiary/aromatic N) is 2. The predicted octanol–water partition coefficient (Wildman–Crippen LogP) is 6.14. The zero-order valence-electron chi connectivity index (χ0n) is 20.1. The van der Waals surface area contributed by atoms with Gasteiger partial charge in [0.15, 0.2) is 5.78 Å². The van der Waals surface area contributed by atoms with Gasteiger partial charge >= 0.3 is 11.6 Å². The number of carbonyl (C=O) groups excluding carboxylic acids is 1. The highest BCUT2D eigenvalue weighted by molar-refractivity contribution is 7.51. The SMILES string of the molecule is CCn1ncc(C(=O)c2cc(C)c3c(c2C)C(C)(C)CCC3)c1Oc1ccc(Cl)cc1.O=S=O. The molecule has 0 spiro atoms. The first kappa shape index (κ1) is 25.8. The number of carbonyl (C=O) groups is 1. The van der Waals surface area contributed by atoms with Gasteiger partial charge in [-0.2, -0.15) is 13.5 Å². The molecule has 1 aliphatic rings. The maximum absolute atomic E-state index is 13.8. The summed E-state index contributed by atoms with van der Waals surface area (Å²) >= 11 is 5.25. The number of aryl methyl sites for hydroxylation is 2. The van der Waals surface area contributed by atoms with Crippen LogP contribution >= 0.6 is 11.6 Å². The van der Waals surface area contributed by atoms with E-state index in [0.29, 0.717) is 28.8 Å². The van der Waals surface area contributed by atoms with Gasteiger partial charge in [0.2, 0.25) is 5.88 Å². The Morgan fingerprint density at radius 1 is 1.18 bits per heavy atom. The normalized spacial score (nSPS) is 13.9. The molecule has 0 amide bonds. The van der Waals surface area contributed by atoms with Crippen LogP contribution in [-0.4, -0.2) is 24.0 Å². The molecule has 0 fully saturated rings. The number of ether oxygens (including phenoxy) is 1. The van der Waals surface area contributed by atoms with Gasteiger partial charge in [0, 0.05) is 17.1 Å². The van der Waals surface area contributed by atoms with E-state index in [0.717, 1.165) is 24.0 Å². The Morgan fingerprint density at radius 3 is 2.44 bits per heavy atom. The minimum Gasteiger partial charge on any atom is -0.438 e. The van der Waals surface area contributed by atoms with Crippen molar-refractivity contribution in [3.05, 3.63) is 74.9 Å². The standard InChI is InChI=1S/C26H29ClN2O2.O2S/c1-6-29-25(31-19-11-9-18(27)10-12-19)22(15-28-29)24(30)21-14-16(2)20-8-7-13-26(4,5)23(20)17(21)3;1-3-2/h9-12,14-15H,6-8,13H2,1-5H3;. The van der Waals surface area contributed by atoms with Gasteiger partial charge in [-0.25, -0.2) is 4.68 Å². The number of benzene rings is 2. The van der Waals surface area contributed by atoms with Crippen molar-refractivity contribution in [3.8, 4) is 11.6 Å². The van der Waals surface area contributed by atoms with Crippen LogP contribution in [0.1, 0.15) is 71.8 Å². The van der Waals surface area contributed by atoms with Crippen molar-refractivity contribution in [1.82, 2.24) is 9.78 Å². The number of aromatic nitrogens is 2. The van der Waals surface area contributed by atoms with Gasteiger partial charge in [-0.05, 0) is 98.0 Å². The molecule has 3 aromatic rings. The topological polar surface area (TPSA) is 78.3 Å². The van der Waals surface area contributed by atoms with Crippen LogP contribution in [0.15, 0.2) is 36.5 Å². The number of hydrogen-bond donors (Lipinski definition) is 0. The van der Waals surface area contributed by atoms with Crippen molar-refractivity contribution < 1.29 is 17.9 Å². The van der Waals surface area contributed by atoms with Gasteiger partial charge in [-0.15, -0.1) is 0 Å². The molecule has 1 aromatic heterocycles. The molecule has 180 valence electrons. The molecule has 0 saturated heterocycles. The van der Waals surface area contributed by atoms with Gasteiger partial charge in [-0.1, -0.05) is 25.4 Å². The lowest BCUT2D eigenvalue weighted by Crippen LogP contribution is -2.27. The lowest BCUT2D eigenvalue weighted by Gasteiger charge is -2.36. The summed E-state index contributed by atoms with van der Waals surface area (Å²) in [7, 11) is 0. The molecule has 4 rings (SSSR count). The third-order valence-electron chi connectivity index (χ3n) is 6.43. The number of halogens is 1. The maximum Gasteiger partial charge on any atom is 0.335 e. The average Bonchev–Trinajstić information content (AvgIpc) is 3.19. The van der Waals surface area contributed by atoms with Crippen molar-refractivity contribution in [3.63, 3.8) is 0 Å². The van der Waals surface area contributed by atoms with Gasteiger partial charge < -0.3 is 4.74 Å². The first-order valence-electron chi connectivity index (χ1n) is 11.2. The molecule has 1 aliphatic carbocycles. The van der Waals surface area contributed by atoms with E-state index in [4.69, 9.17) is 24.8 Å². The Morgan fingerprint density at radius 2 is 1.82 bits per heavy atom. The summed E-state index contributed by atoms with van der Waals surface area (Å²) in [6, 6.07) is 9.17. The lowest BCUT2D eigenvalue weighted by atomic mass is 9.68. The van der Waals surface area contributed by atoms with Crippen LogP contribution in [0, 0.1) is 13.8 Å². The number of rotatable bonds is 5. The minimum absolute atomic E-state index is 0.0477. The van der Waals surface area contributed by atoms with Crippen molar-refractivity contribution in [2.75, 3.05) is 0 Å². The first-order valence-corrected chi connectivity index (χ1v) is 12.3. The van der Waals surface area contributed by atoms with Crippen molar-refractivity contribution in [2.24, 2.45) is 0 Å². The van der Waals surface area contributed by atoms with Crippen molar-refractivity contribution in [2.45, 2.75) is 65.8 Å². The zero-order chi connectivity index (χ0) is 25.0. The molecule has 2 aromatic carbocycles. The highest BCUT2D eigenvalue weighted by Crippen LogP contribution is 2.42. The van der Waals surface area contributed by atoms with Gasteiger partial charge in [-0.3, -0.25) is 4.79 Å². The molecule has 0 aliphatic heterocycles. The Hall–Kier alpha value is -2.77. The quantitative estimate of drug-likeness (QED) is 0.393. The number of ketones is 1. The highest BCUT2D eigenvalue weighted by atomic mass is 35.5. The molecule has 34 heavy (non-hydrogen) atoms. The summed E-state index contributed by atoms with van der Waals surface area (Å²) in [6.07, 6.45) is 5.03. The second-order valence-corrected chi connectivity index (χ2v) is 9.66. The van der Waals surface area contributed by atoms with Crippen LogP contribution in [0.2, 0.25) is 5.02 Å². The first-order chi connectivity index (χ1) is 16.1. The van der Waals surface area contributed by atoms with Crippen LogP contribution in [0.3, 0.4) is 0 Å². The Balaban J connectivity index is 0.00000103. The number of hydrogen-bond acceptors (Lipinski definition) is 5. The van der Waals surface area contributed by atoms with Crippen LogP contribution in [0.5, 0.6) is 11.6 Å². The largest absolute Gasteiger partial charge is 0.438 e. The lowest BCUT2D eigenvalue weighted by molar-refractivity contribution is 0.103. The van der Waals surface area contributed by atoms with E-state index in [-0.39, 0.29) is 11.2 Å². The Kier molecular flexibility index (Phi) is 8.10. The predicted molar refractivity (Wildman–Crippen MR) is 134 cm³/mol. The van der Waals surface area contributed by atoms with E-state index in [1.807, 2.05) is 13.0 Å². The molecule has 0 N–H and O–H groups in total. The van der Waals surface area contributed by atoms with Crippen LogP contribution in [0.4, 0.5) is 0 Å². The van der Waals surface area contributed by atoms with Gasteiger partial charge in [0.1, 0.15) is 11.3 Å². The third kappa shape index (κ3) is 5.15. The molecular formula is C26H29ClN2O4S. The fourth-order valence-corrected chi connectivity index (χ4v) is 5.02. The van der Waals surface area contributed by atoms with E-state index in [9.17, 15) is 4.79 Å². The molecule has 0 saturated carbocycles. The highest BCUT2D eigenvalue weighted by Gasteiger charge is 2.33. The minimum atomic E-state index is -0.750. The van der Waals surface area contributed by atoms with Gasteiger partial charge in [0.05, 0.1) is 6.20 Å². The number of fused-ring (bicyclic) bond motifs is 1. The molecule has 6 nitrogen and oxygen atoms in total. The fraction of sp³-hybridized carbons (Fsp3) is 0.385. The monoisotopic (exact) mass is 500 g/mol. The van der Waals surface area contributed by atoms with E-state index >= 15 is 0 Å². The molecule has 0 atom stereocenters. The fourth-order valence-electron chi connectivity index (χ4n) is 4.90.